The highest BCUT2D eigenvalue weighted by atomic mass is 35.5. The van der Waals surface area contributed by atoms with Gasteiger partial charge in [0.15, 0.2) is 11.2 Å². The van der Waals surface area contributed by atoms with Crippen LogP contribution in [0.2, 0.25) is 5.02 Å². The summed E-state index contributed by atoms with van der Waals surface area (Å²) >= 11 is 5.89. The summed E-state index contributed by atoms with van der Waals surface area (Å²) in [5.41, 5.74) is -3.20. The van der Waals surface area contributed by atoms with Crippen LogP contribution in [0.5, 0.6) is 0 Å². The minimum Gasteiger partial charge on any atom is -0.468 e. The summed E-state index contributed by atoms with van der Waals surface area (Å²) < 4.78 is 10.3. The van der Waals surface area contributed by atoms with Crippen LogP contribution in [-0.4, -0.2) is 30.4 Å². The maximum absolute atomic E-state index is 13.3. The molecule has 1 saturated carbocycles. The number of hydrogen-bond acceptors (Lipinski definition) is 5. The number of benzene rings is 1. The second-order valence-corrected chi connectivity index (χ2v) is 7.32. The first-order valence-corrected chi connectivity index (χ1v) is 8.20. The van der Waals surface area contributed by atoms with Crippen molar-refractivity contribution < 1.29 is 23.9 Å². The van der Waals surface area contributed by atoms with Crippen LogP contribution in [0, 0.1) is 16.7 Å². The quantitative estimate of drug-likeness (QED) is 0.474. The Morgan fingerprint density at radius 3 is 2.33 bits per heavy atom. The molecule has 1 aliphatic carbocycles. The molecule has 3 rings (SSSR count). The highest BCUT2D eigenvalue weighted by Crippen LogP contribution is 2.80. The number of hydrogen-bond donors (Lipinski definition) is 0. The highest BCUT2D eigenvalue weighted by Gasteiger charge is 2.95. The van der Waals surface area contributed by atoms with Crippen molar-refractivity contribution >= 4 is 29.3 Å². The van der Waals surface area contributed by atoms with E-state index in [0.717, 1.165) is 0 Å². The third-order valence-corrected chi connectivity index (χ3v) is 5.75. The van der Waals surface area contributed by atoms with Crippen LogP contribution in [0.4, 0.5) is 0 Å². The van der Waals surface area contributed by atoms with Crippen LogP contribution in [0.1, 0.15) is 37.6 Å². The third kappa shape index (κ3) is 1.73. The lowest BCUT2D eigenvalue weighted by molar-refractivity contribution is -0.165. The first-order chi connectivity index (χ1) is 11.2. The van der Waals surface area contributed by atoms with Crippen molar-refractivity contribution in [3.8, 4) is 0 Å². The molecule has 24 heavy (non-hydrogen) atoms. The summed E-state index contributed by atoms with van der Waals surface area (Å²) in [5.74, 6) is -2.17. The molecular weight excluding hydrogens is 332 g/mol. The monoisotopic (exact) mass is 350 g/mol. The Balaban J connectivity index is 2.16. The van der Waals surface area contributed by atoms with Gasteiger partial charge in [0.1, 0.15) is 5.60 Å². The van der Waals surface area contributed by atoms with Crippen molar-refractivity contribution in [2.45, 2.75) is 32.8 Å². The van der Waals surface area contributed by atoms with Gasteiger partial charge in [0, 0.05) is 16.5 Å². The molecule has 0 radical (unpaired) electrons. The molecule has 6 heteroatoms. The van der Waals surface area contributed by atoms with E-state index in [0.29, 0.717) is 17.0 Å². The highest BCUT2D eigenvalue weighted by molar-refractivity contribution is 6.30. The molecule has 1 aromatic rings. The standard InChI is InChI=1S/C18H19ClO5/c1-5-17(12(20)10-6-8-11(19)9-7-10)13-16(2,3)24-15(22)18(13,17)14(21)23-4/h6-9,13H,5H2,1-4H3/t13-,17+,18-/m1/s1. The predicted molar refractivity (Wildman–Crippen MR) is 86.6 cm³/mol. The number of carbonyl (C=O) groups excluding carboxylic acids is 3. The summed E-state index contributed by atoms with van der Waals surface area (Å²) in [7, 11) is 1.22. The largest absolute Gasteiger partial charge is 0.468 e. The Kier molecular flexibility index (Phi) is 3.57. The fraction of sp³-hybridized carbons (Fsp3) is 0.500. The van der Waals surface area contributed by atoms with Crippen molar-refractivity contribution in [1.29, 1.82) is 0 Å². The van der Waals surface area contributed by atoms with Gasteiger partial charge >= 0.3 is 11.9 Å². The van der Waals surface area contributed by atoms with Gasteiger partial charge in [0.25, 0.3) is 0 Å². The zero-order valence-electron chi connectivity index (χ0n) is 14.0. The molecule has 2 fully saturated rings. The molecule has 0 aromatic heterocycles. The number of ketones is 1. The first kappa shape index (κ1) is 17.0. The normalized spacial score (nSPS) is 32.7. The van der Waals surface area contributed by atoms with Crippen molar-refractivity contribution in [2.24, 2.45) is 16.7 Å². The molecule has 0 N–H and O–H groups in total. The van der Waals surface area contributed by atoms with Crippen LogP contribution in [0.25, 0.3) is 0 Å². The molecule has 0 spiro atoms. The smallest absolute Gasteiger partial charge is 0.325 e. The lowest BCUT2D eigenvalue weighted by Gasteiger charge is -2.28. The van der Waals surface area contributed by atoms with Gasteiger partial charge in [-0.15, -0.1) is 0 Å². The van der Waals surface area contributed by atoms with E-state index in [2.05, 4.69) is 0 Å². The lowest BCUT2D eigenvalue weighted by Crippen LogP contribution is -2.40. The van der Waals surface area contributed by atoms with Gasteiger partial charge in [-0.3, -0.25) is 14.4 Å². The van der Waals surface area contributed by atoms with Crippen LogP contribution in [-0.2, 0) is 19.1 Å². The molecule has 0 bridgehead atoms. The number of halogens is 1. The van der Waals surface area contributed by atoms with E-state index in [1.54, 1.807) is 45.0 Å². The van der Waals surface area contributed by atoms with Crippen LogP contribution in [0.3, 0.4) is 0 Å². The van der Waals surface area contributed by atoms with Gasteiger partial charge in [-0.2, -0.15) is 0 Å². The first-order valence-electron chi connectivity index (χ1n) is 7.82. The van der Waals surface area contributed by atoms with Crippen LogP contribution >= 0.6 is 11.6 Å². The van der Waals surface area contributed by atoms with E-state index >= 15 is 0 Å². The van der Waals surface area contributed by atoms with E-state index in [1.807, 2.05) is 0 Å². The Labute approximate surface area is 145 Å². The average molecular weight is 351 g/mol. The van der Waals surface area contributed by atoms with Crippen molar-refractivity contribution in [3.63, 3.8) is 0 Å². The minimum absolute atomic E-state index is 0.248. The van der Waals surface area contributed by atoms with Crippen molar-refractivity contribution in [2.75, 3.05) is 7.11 Å². The predicted octanol–water partition coefficient (Wildman–Crippen LogP) is 3.04. The fourth-order valence-corrected chi connectivity index (χ4v) is 4.81. The number of fused-ring (bicyclic) bond motifs is 1. The van der Waals surface area contributed by atoms with E-state index in [4.69, 9.17) is 21.1 Å². The van der Waals surface area contributed by atoms with Crippen molar-refractivity contribution in [1.82, 2.24) is 0 Å². The molecule has 5 nitrogen and oxygen atoms in total. The molecule has 1 saturated heterocycles. The summed E-state index contributed by atoms with van der Waals surface area (Å²) in [6.07, 6.45) is 0.340. The topological polar surface area (TPSA) is 69.7 Å². The maximum atomic E-state index is 13.3. The zero-order chi connectivity index (χ0) is 17.9. The van der Waals surface area contributed by atoms with Gasteiger partial charge < -0.3 is 9.47 Å². The van der Waals surface area contributed by atoms with E-state index < -0.39 is 34.3 Å². The number of esters is 2. The summed E-state index contributed by atoms with van der Waals surface area (Å²) in [5, 5.41) is 0.510. The second-order valence-electron chi connectivity index (χ2n) is 6.89. The lowest BCUT2D eigenvalue weighted by atomic mass is 9.81. The molecule has 1 aliphatic heterocycles. The fourth-order valence-electron chi connectivity index (χ4n) is 4.68. The Morgan fingerprint density at radius 1 is 1.25 bits per heavy atom. The van der Waals surface area contributed by atoms with Gasteiger partial charge in [0.05, 0.1) is 12.5 Å². The summed E-state index contributed by atoms with van der Waals surface area (Å²) in [6.45, 7) is 5.26. The summed E-state index contributed by atoms with van der Waals surface area (Å²) in [6, 6.07) is 6.45. The molecular formula is C18H19ClO5. The maximum Gasteiger partial charge on any atom is 0.325 e. The number of Topliss-reactive ketones (excluding diaryl/α,β-unsaturated/α-hetero) is 1. The number of carbonyl (C=O) groups is 3. The van der Waals surface area contributed by atoms with Crippen LogP contribution < -0.4 is 0 Å². The number of ether oxygens (including phenoxy) is 2. The van der Waals surface area contributed by atoms with E-state index in [1.165, 1.54) is 7.11 Å². The molecule has 2 aliphatic rings. The molecule has 128 valence electrons. The minimum atomic E-state index is -1.56. The Bertz CT molecular complexity index is 738. The van der Waals surface area contributed by atoms with Gasteiger partial charge in [-0.1, -0.05) is 18.5 Å². The second kappa shape index (κ2) is 5.06. The molecule has 3 atom stereocenters. The van der Waals surface area contributed by atoms with E-state index in [-0.39, 0.29) is 5.78 Å². The molecule has 1 heterocycles. The Morgan fingerprint density at radius 2 is 1.83 bits per heavy atom. The number of rotatable bonds is 4. The van der Waals surface area contributed by atoms with Crippen molar-refractivity contribution in [3.05, 3.63) is 34.9 Å². The third-order valence-electron chi connectivity index (χ3n) is 5.50. The summed E-state index contributed by atoms with van der Waals surface area (Å²) in [4.78, 5) is 38.5. The number of cyclic esters (lactones) is 1. The Hall–Kier alpha value is -1.88. The molecule has 1 aromatic carbocycles. The van der Waals surface area contributed by atoms with E-state index in [9.17, 15) is 14.4 Å². The molecule has 0 unspecified atom stereocenters. The van der Waals surface area contributed by atoms with Gasteiger partial charge in [-0.05, 0) is 44.5 Å². The zero-order valence-corrected chi connectivity index (χ0v) is 14.8. The van der Waals surface area contributed by atoms with Crippen LogP contribution in [0.15, 0.2) is 24.3 Å². The number of methoxy groups -OCH3 is 1. The van der Waals surface area contributed by atoms with Gasteiger partial charge in [-0.25, -0.2) is 0 Å². The SMILES string of the molecule is CC[C@]1(C(=O)c2ccc(Cl)cc2)[C@H]2C(C)(C)OC(=O)[C@]21C(=O)OC. The van der Waals surface area contributed by atoms with Gasteiger partial charge in [0.2, 0.25) is 0 Å². The average Bonchev–Trinajstić information content (AvgIpc) is 3.14. The molecule has 0 amide bonds.